The van der Waals surface area contributed by atoms with Crippen LogP contribution in [0.3, 0.4) is 0 Å². The molecule has 2 rings (SSSR count). The molecule has 0 radical (unpaired) electrons. The van der Waals surface area contributed by atoms with Crippen LogP contribution in [0.5, 0.6) is 0 Å². The Balaban J connectivity index is 1.97. The predicted octanol–water partition coefficient (Wildman–Crippen LogP) is 3.39. The van der Waals surface area contributed by atoms with E-state index in [1.807, 2.05) is 18.2 Å². The summed E-state index contributed by atoms with van der Waals surface area (Å²) in [6.07, 6.45) is 4.80. The molecule has 4 heteroatoms. The molecule has 1 heterocycles. The van der Waals surface area contributed by atoms with Crippen molar-refractivity contribution in [2.75, 3.05) is 5.32 Å². The van der Waals surface area contributed by atoms with Gasteiger partial charge >= 0.3 is 0 Å². The van der Waals surface area contributed by atoms with Crippen molar-refractivity contribution in [1.82, 2.24) is 4.98 Å². The van der Waals surface area contributed by atoms with Crippen molar-refractivity contribution in [3.63, 3.8) is 0 Å². The Morgan fingerprint density at radius 3 is 2.61 bits per heavy atom. The zero-order chi connectivity index (χ0) is 12.8. The molecule has 0 unspecified atom stereocenters. The topological polar surface area (TPSA) is 42.0 Å². The van der Waals surface area contributed by atoms with Crippen molar-refractivity contribution < 1.29 is 4.79 Å². The molecule has 1 amide bonds. The van der Waals surface area contributed by atoms with E-state index in [2.05, 4.69) is 10.3 Å². The van der Waals surface area contributed by atoms with Crippen molar-refractivity contribution in [3.8, 4) is 0 Å². The Kier molecular flexibility index (Phi) is 4.10. The lowest BCUT2D eigenvalue weighted by Gasteiger charge is -1.99. The van der Waals surface area contributed by atoms with Gasteiger partial charge in [-0.3, -0.25) is 4.79 Å². The summed E-state index contributed by atoms with van der Waals surface area (Å²) in [5, 5.41) is 3.33. The third-order valence-electron chi connectivity index (χ3n) is 2.21. The number of nitrogens with zero attached hydrogens (tertiary/aromatic N) is 1. The van der Waals surface area contributed by atoms with Gasteiger partial charge in [-0.05, 0) is 35.9 Å². The molecule has 0 atom stereocenters. The summed E-state index contributed by atoms with van der Waals surface area (Å²) < 4.78 is 0. The largest absolute Gasteiger partial charge is 0.307 e. The Morgan fingerprint density at radius 1 is 1.17 bits per heavy atom. The highest BCUT2D eigenvalue weighted by Crippen LogP contribution is 2.10. The first-order valence-electron chi connectivity index (χ1n) is 5.40. The van der Waals surface area contributed by atoms with Crippen LogP contribution in [0.1, 0.15) is 5.56 Å². The van der Waals surface area contributed by atoms with Crippen LogP contribution in [0, 0.1) is 0 Å². The second-order valence-corrected chi connectivity index (χ2v) is 4.03. The van der Waals surface area contributed by atoms with E-state index >= 15 is 0 Å². The van der Waals surface area contributed by atoms with Crippen LogP contribution >= 0.6 is 11.6 Å². The molecule has 0 aliphatic heterocycles. The first-order chi connectivity index (χ1) is 8.74. The van der Waals surface area contributed by atoms with Gasteiger partial charge in [0.2, 0.25) is 5.91 Å². The Bertz CT molecular complexity index is 550. The van der Waals surface area contributed by atoms with Gasteiger partial charge in [0.15, 0.2) is 0 Å². The Morgan fingerprint density at radius 2 is 1.94 bits per heavy atom. The molecular formula is C14H11ClN2O. The molecule has 0 aliphatic rings. The summed E-state index contributed by atoms with van der Waals surface area (Å²) >= 11 is 5.77. The van der Waals surface area contributed by atoms with Crippen LogP contribution in [0.2, 0.25) is 5.02 Å². The zero-order valence-corrected chi connectivity index (χ0v) is 10.3. The van der Waals surface area contributed by atoms with Crippen molar-refractivity contribution in [2.45, 2.75) is 0 Å². The molecule has 3 nitrogen and oxygen atoms in total. The van der Waals surface area contributed by atoms with Gasteiger partial charge in [-0.25, -0.2) is 4.98 Å². The zero-order valence-electron chi connectivity index (χ0n) is 9.51. The van der Waals surface area contributed by atoms with E-state index in [9.17, 15) is 4.79 Å². The number of hydrogen-bond acceptors (Lipinski definition) is 2. The molecule has 1 aromatic heterocycles. The minimum absolute atomic E-state index is 0.219. The molecule has 90 valence electrons. The van der Waals surface area contributed by atoms with Crippen molar-refractivity contribution >= 4 is 29.4 Å². The van der Waals surface area contributed by atoms with E-state index in [-0.39, 0.29) is 5.91 Å². The van der Waals surface area contributed by atoms with Crippen LogP contribution in [0.4, 0.5) is 5.82 Å². The van der Waals surface area contributed by atoms with Gasteiger partial charge in [0.25, 0.3) is 0 Å². The molecule has 0 saturated heterocycles. The van der Waals surface area contributed by atoms with Gasteiger partial charge in [-0.15, -0.1) is 0 Å². The van der Waals surface area contributed by atoms with E-state index in [1.54, 1.807) is 36.5 Å². The monoisotopic (exact) mass is 258 g/mol. The highest BCUT2D eigenvalue weighted by Gasteiger charge is 1.97. The number of benzene rings is 1. The molecule has 1 N–H and O–H groups in total. The van der Waals surface area contributed by atoms with Gasteiger partial charge in [0.05, 0.1) is 0 Å². The van der Waals surface area contributed by atoms with Crippen LogP contribution in [-0.2, 0) is 4.79 Å². The Hall–Kier alpha value is -2.13. The smallest absolute Gasteiger partial charge is 0.249 e. The van der Waals surface area contributed by atoms with Gasteiger partial charge in [0.1, 0.15) is 5.82 Å². The lowest BCUT2D eigenvalue weighted by Crippen LogP contribution is -2.08. The summed E-state index contributed by atoms with van der Waals surface area (Å²) in [5.41, 5.74) is 0.913. The molecule has 0 saturated carbocycles. The second kappa shape index (κ2) is 5.98. The first-order valence-corrected chi connectivity index (χ1v) is 5.77. The van der Waals surface area contributed by atoms with Gasteiger partial charge < -0.3 is 5.32 Å². The third kappa shape index (κ3) is 3.71. The van der Waals surface area contributed by atoms with Crippen LogP contribution < -0.4 is 5.32 Å². The maximum atomic E-state index is 11.6. The lowest BCUT2D eigenvalue weighted by molar-refractivity contribution is -0.111. The minimum Gasteiger partial charge on any atom is -0.307 e. The molecule has 0 aliphatic carbocycles. The maximum absolute atomic E-state index is 11.6. The highest BCUT2D eigenvalue weighted by molar-refractivity contribution is 6.30. The molecule has 1 aromatic carbocycles. The van der Waals surface area contributed by atoms with E-state index < -0.39 is 0 Å². The molecule has 0 fully saturated rings. The Labute approximate surface area is 110 Å². The summed E-state index contributed by atoms with van der Waals surface area (Å²) in [6.45, 7) is 0. The van der Waals surface area contributed by atoms with Crippen molar-refractivity contribution in [1.29, 1.82) is 0 Å². The number of halogens is 1. The number of aromatic nitrogens is 1. The number of rotatable bonds is 3. The molecule has 0 spiro atoms. The molecular weight excluding hydrogens is 248 g/mol. The number of anilines is 1. The first kappa shape index (κ1) is 12.3. The number of carbonyl (C=O) groups is 1. The molecule has 18 heavy (non-hydrogen) atoms. The number of hydrogen-bond donors (Lipinski definition) is 1. The van der Waals surface area contributed by atoms with E-state index in [4.69, 9.17) is 11.6 Å². The minimum atomic E-state index is -0.219. The van der Waals surface area contributed by atoms with Crippen molar-refractivity contribution in [2.24, 2.45) is 0 Å². The fourth-order valence-electron chi connectivity index (χ4n) is 1.35. The van der Waals surface area contributed by atoms with Crippen LogP contribution in [-0.4, -0.2) is 10.9 Å². The SMILES string of the molecule is O=C(/C=C/c1ccc(Cl)cc1)Nc1ccccn1. The number of nitrogens with one attached hydrogen (secondary N) is 1. The number of pyridine rings is 1. The average molecular weight is 259 g/mol. The average Bonchev–Trinajstić information content (AvgIpc) is 2.39. The number of carbonyl (C=O) groups excluding carboxylic acids is 1. The van der Waals surface area contributed by atoms with Crippen molar-refractivity contribution in [3.05, 3.63) is 65.3 Å². The van der Waals surface area contributed by atoms with E-state index in [0.29, 0.717) is 10.8 Å². The number of amides is 1. The third-order valence-corrected chi connectivity index (χ3v) is 2.47. The molecule has 0 bridgehead atoms. The second-order valence-electron chi connectivity index (χ2n) is 3.59. The molecule has 2 aromatic rings. The summed E-state index contributed by atoms with van der Waals surface area (Å²) in [7, 11) is 0. The summed E-state index contributed by atoms with van der Waals surface area (Å²) in [6, 6.07) is 12.6. The van der Waals surface area contributed by atoms with Gasteiger partial charge in [0, 0.05) is 17.3 Å². The van der Waals surface area contributed by atoms with E-state index in [1.165, 1.54) is 6.08 Å². The van der Waals surface area contributed by atoms with Gasteiger partial charge in [-0.2, -0.15) is 0 Å². The quantitative estimate of drug-likeness (QED) is 0.858. The maximum Gasteiger partial charge on any atom is 0.249 e. The van der Waals surface area contributed by atoms with E-state index in [0.717, 1.165) is 5.56 Å². The standard InChI is InChI=1S/C14H11ClN2O/c15-12-7-4-11(5-8-12)6-9-14(18)17-13-3-1-2-10-16-13/h1-10H,(H,16,17,18)/b9-6+. The normalized spacial score (nSPS) is 10.5. The fraction of sp³-hybridized carbons (Fsp3) is 0. The predicted molar refractivity (Wildman–Crippen MR) is 73.4 cm³/mol. The fourth-order valence-corrected chi connectivity index (χ4v) is 1.48. The van der Waals surface area contributed by atoms with Crippen LogP contribution in [0.15, 0.2) is 54.7 Å². The summed E-state index contributed by atoms with van der Waals surface area (Å²) in [5.74, 6) is 0.312. The van der Waals surface area contributed by atoms with Gasteiger partial charge in [-0.1, -0.05) is 29.8 Å². The lowest BCUT2D eigenvalue weighted by atomic mass is 10.2. The van der Waals surface area contributed by atoms with Crippen LogP contribution in [0.25, 0.3) is 6.08 Å². The highest BCUT2D eigenvalue weighted by atomic mass is 35.5. The summed E-state index contributed by atoms with van der Waals surface area (Å²) in [4.78, 5) is 15.6.